The minimum Gasteiger partial charge on any atom is -0.309 e. The molecule has 0 unspecified atom stereocenters. The first-order valence-corrected chi connectivity index (χ1v) is 5.23. The summed E-state index contributed by atoms with van der Waals surface area (Å²) in [4.78, 5) is 0. The van der Waals surface area contributed by atoms with Crippen molar-refractivity contribution >= 4 is 15.9 Å². The highest BCUT2D eigenvalue weighted by molar-refractivity contribution is 9.10. The third-order valence-corrected chi connectivity index (χ3v) is 2.97. The van der Waals surface area contributed by atoms with Crippen LogP contribution in [-0.2, 0) is 13.6 Å². The van der Waals surface area contributed by atoms with Crippen molar-refractivity contribution in [3.05, 3.63) is 15.9 Å². The molecule has 1 rings (SSSR count). The molecular weight excluding hydrogens is 230 g/mol. The summed E-state index contributed by atoms with van der Waals surface area (Å²) in [5, 5.41) is 7.68. The van der Waals surface area contributed by atoms with E-state index in [2.05, 4.69) is 40.2 Å². The van der Waals surface area contributed by atoms with Gasteiger partial charge in [-0.15, -0.1) is 0 Å². The molecule has 0 fully saturated rings. The van der Waals surface area contributed by atoms with Crippen LogP contribution in [0, 0.1) is 6.92 Å². The van der Waals surface area contributed by atoms with E-state index in [-0.39, 0.29) is 0 Å². The minimum absolute atomic E-state index is 0.502. The molecule has 0 aromatic carbocycles. The highest BCUT2D eigenvalue weighted by Gasteiger charge is 2.09. The second-order valence-corrected chi connectivity index (χ2v) is 4.30. The van der Waals surface area contributed by atoms with Crippen LogP contribution in [-0.4, -0.2) is 15.8 Å². The van der Waals surface area contributed by atoms with Gasteiger partial charge in [0.1, 0.15) is 0 Å². The van der Waals surface area contributed by atoms with E-state index in [0.717, 1.165) is 16.7 Å². The van der Waals surface area contributed by atoms with Crippen LogP contribution in [0.5, 0.6) is 0 Å². The zero-order chi connectivity index (χ0) is 10.0. The molecule has 0 aliphatic carbocycles. The van der Waals surface area contributed by atoms with Crippen LogP contribution >= 0.6 is 15.9 Å². The van der Waals surface area contributed by atoms with E-state index in [0.29, 0.717) is 6.04 Å². The van der Waals surface area contributed by atoms with Crippen molar-refractivity contribution in [3.8, 4) is 0 Å². The fraction of sp³-hybridized carbons (Fsp3) is 0.667. The van der Waals surface area contributed by atoms with Crippen LogP contribution < -0.4 is 5.32 Å². The van der Waals surface area contributed by atoms with Crippen molar-refractivity contribution < 1.29 is 0 Å². The van der Waals surface area contributed by atoms with E-state index in [1.54, 1.807) is 0 Å². The summed E-state index contributed by atoms with van der Waals surface area (Å²) in [6, 6.07) is 0.502. The van der Waals surface area contributed by atoms with Crippen LogP contribution in [0.15, 0.2) is 4.47 Å². The molecule has 0 spiro atoms. The van der Waals surface area contributed by atoms with Crippen molar-refractivity contribution in [2.24, 2.45) is 7.05 Å². The Kier molecular flexibility index (Phi) is 3.50. The Labute approximate surface area is 87.6 Å². The number of nitrogens with zero attached hydrogens (tertiary/aromatic N) is 2. The summed E-state index contributed by atoms with van der Waals surface area (Å²) < 4.78 is 3.03. The summed E-state index contributed by atoms with van der Waals surface area (Å²) in [5.74, 6) is 0. The lowest BCUT2D eigenvalue weighted by Gasteiger charge is -2.08. The van der Waals surface area contributed by atoms with E-state index in [9.17, 15) is 0 Å². The molecule has 1 N–H and O–H groups in total. The van der Waals surface area contributed by atoms with Gasteiger partial charge >= 0.3 is 0 Å². The first-order chi connectivity index (χ1) is 6.02. The van der Waals surface area contributed by atoms with Gasteiger partial charge in [-0.3, -0.25) is 4.68 Å². The topological polar surface area (TPSA) is 29.9 Å². The van der Waals surface area contributed by atoms with Gasteiger partial charge in [-0.25, -0.2) is 0 Å². The van der Waals surface area contributed by atoms with Gasteiger partial charge in [-0.2, -0.15) is 5.10 Å². The van der Waals surface area contributed by atoms with Gasteiger partial charge < -0.3 is 5.32 Å². The van der Waals surface area contributed by atoms with Crippen LogP contribution in [0.2, 0.25) is 0 Å². The average Bonchev–Trinajstić information content (AvgIpc) is 2.24. The van der Waals surface area contributed by atoms with Gasteiger partial charge in [-0.1, -0.05) is 13.8 Å². The molecule has 1 heterocycles. The van der Waals surface area contributed by atoms with Crippen molar-refractivity contribution in [1.82, 2.24) is 15.1 Å². The van der Waals surface area contributed by atoms with Crippen LogP contribution in [0.4, 0.5) is 0 Å². The van der Waals surface area contributed by atoms with E-state index in [4.69, 9.17) is 0 Å². The van der Waals surface area contributed by atoms with Crippen molar-refractivity contribution in [2.45, 2.75) is 33.4 Å². The summed E-state index contributed by atoms with van der Waals surface area (Å²) in [6.07, 6.45) is 0. The van der Waals surface area contributed by atoms with Crippen molar-refractivity contribution in [2.75, 3.05) is 0 Å². The summed E-state index contributed by atoms with van der Waals surface area (Å²) in [5.41, 5.74) is 2.24. The van der Waals surface area contributed by atoms with Gasteiger partial charge in [0.05, 0.1) is 15.9 Å². The maximum absolute atomic E-state index is 4.32. The second kappa shape index (κ2) is 4.24. The molecule has 0 saturated heterocycles. The molecule has 0 aliphatic heterocycles. The zero-order valence-corrected chi connectivity index (χ0v) is 10.1. The molecule has 0 bridgehead atoms. The predicted molar refractivity (Wildman–Crippen MR) is 57.6 cm³/mol. The van der Waals surface area contributed by atoms with Crippen molar-refractivity contribution in [1.29, 1.82) is 0 Å². The summed E-state index contributed by atoms with van der Waals surface area (Å²) in [6.45, 7) is 7.13. The fourth-order valence-corrected chi connectivity index (χ4v) is 1.65. The van der Waals surface area contributed by atoms with E-state index >= 15 is 0 Å². The maximum atomic E-state index is 4.32. The lowest BCUT2D eigenvalue weighted by atomic mass is 10.3. The molecule has 74 valence electrons. The van der Waals surface area contributed by atoms with Crippen molar-refractivity contribution in [3.63, 3.8) is 0 Å². The highest BCUT2D eigenvalue weighted by atomic mass is 79.9. The lowest BCUT2D eigenvalue weighted by Crippen LogP contribution is -2.23. The Bertz CT molecular complexity index is 291. The second-order valence-electron chi connectivity index (χ2n) is 3.51. The van der Waals surface area contributed by atoms with Crippen LogP contribution in [0.25, 0.3) is 0 Å². The number of nitrogens with one attached hydrogen (secondary N) is 1. The van der Waals surface area contributed by atoms with Gasteiger partial charge in [0, 0.05) is 19.6 Å². The Morgan fingerprint density at radius 3 is 2.54 bits per heavy atom. The fourth-order valence-electron chi connectivity index (χ4n) is 1.17. The molecule has 13 heavy (non-hydrogen) atoms. The Morgan fingerprint density at radius 2 is 2.15 bits per heavy atom. The van der Waals surface area contributed by atoms with E-state index in [1.807, 2.05) is 18.7 Å². The Morgan fingerprint density at radius 1 is 1.54 bits per heavy atom. The SMILES string of the molecule is Cc1nn(C)c(CNC(C)C)c1Br. The van der Waals surface area contributed by atoms with E-state index < -0.39 is 0 Å². The molecule has 0 atom stereocenters. The smallest absolute Gasteiger partial charge is 0.0739 e. The van der Waals surface area contributed by atoms with E-state index in [1.165, 1.54) is 5.69 Å². The zero-order valence-electron chi connectivity index (χ0n) is 8.56. The third-order valence-electron chi connectivity index (χ3n) is 1.94. The van der Waals surface area contributed by atoms with Gasteiger partial charge in [0.25, 0.3) is 0 Å². The largest absolute Gasteiger partial charge is 0.309 e. The first-order valence-electron chi connectivity index (χ1n) is 4.43. The molecule has 0 saturated carbocycles. The monoisotopic (exact) mass is 245 g/mol. The number of aromatic nitrogens is 2. The Hall–Kier alpha value is -0.350. The molecule has 1 aromatic heterocycles. The number of halogens is 1. The maximum Gasteiger partial charge on any atom is 0.0739 e. The van der Waals surface area contributed by atoms with Crippen LogP contribution in [0.1, 0.15) is 25.2 Å². The number of aryl methyl sites for hydroxylation is 2. The summed E-state index contributed by atoms with van der Waals surface area (Å²) in [7, 11) is 1.97. The predicted octanol–water partition coefficient (Wildman–Crippen LogP) is 1.99. The molecule has 4 heteroatoms. The molecule has 0 amide bonds. The number of rotatable bonds is 3. The number of hydrogen-bond acceptors (Lipinski definition) is 2. The first kappa shape index (κ1) is 10.7. The number of hydrogen-bond donors (Lipinski definition) is 1. The molecular formula is C9H16BrN3. The molecule has 0 radical (unpaired) electrons. The molecule has 3 nitrogen and oxygen atoms in total. The molecule has 1 aromatic rings. The average molecular weight is 246 g/mol. The summed E-state index contributed by atoms with van der Waals surface area (Å²) >= 11 is 3.53. The highest BCUT2D eigenvalue weighted by Crippen LogP contribution is 2.19. The third kappa shape index (κ3) is 2.54. The van der Waals surface area contributed by atoms with Gasteiger partial charge in [-0.05, 0) is 22.9 Å². The van der Waals surface area contributed by atoms with Gasteiger partial charge in [0.2, 0.25) is 0 Å². The van der Waals surface area contributed by atoms with Crippen LogP contribution in [0.3, 0.4) is 0 Å². The standard InChI is InChI=1S/C9H16BrN3/c1-6(2)11-5-8-9(10)7(3)12-13(8)4/h6,11H,5H2,1-4H3. The normalized spacial score (nSPS) is 11.2. The molecule has 0 aliphatic rings. The Balaban J connectivity index is 2.76. The quantitative estimate of drug-likeness (QED) is 0.883. The minimum atomic E-state index is 0.502. The van der Waals surface area contributed by atoms with Gasteiger partial charge in [0.15, 0.2) is 0 Å². The lowest BCUT2D eigenvalue weighted by molar-refractivity contribution is 0.558.